The zero-order chi connectivity index (χ0) is 14.5. The summed E-state index contributed by atoms with van der Waals surface area (Å²) in [5, 5.41) is 3.53. The highest BCUT2D eigenvalue weighted by Gasteiger charge is 2.30. The third-order valence-corrected chi connectivity index (χ3v) is 4.68. The lowest BCUT2D eigenvalue weighted by Crippen LogP contribution is -2.40. The largest absolute Gasteiger partial charge is 0.492 e. The number of para-hydroxylation sites is 1. The Bertz CT molecular complexity index is 439. The minimum Gasteiger partial charge on any atom is -0.492 e. The van der Waals surface area contributed by atoms with Crippen molar-refractivity contribution in [2.45, 2.75) is 38.6 Å². The van der Waals surface area contributed by atoms with Gasteiger partial charge in [-0.25, -0.2) is 0 Å². The topological polar surface area (TPSA) is 24.5 Å². The normalized spacial score (nSPS) is 22.5. The van der Waals surface area contributed by atoms with E-state index in [-0.39, 0.29) is 0 Å². The fraction of sp³-hybridized carbons (Fsp3) is 0.667. The van der Waals surface area contributed by atoms with E-state index in [1.54, 1.807) is 0 Å². The van der Waals surface area contributed by atoms with Crippen molar-refractivity contribution in [1.82, 2.24) is 10.2 Å². The Morgan fingerprint density at radius 2 is 2.10 bits per heavy atom. The highest BCUT2D eigenvalue weighted by atomic mass is 16.5. The average molecular weight is 288 g/mol. The first-order chi connectivity index (χ1) is 10.3. The minimum absolute atomic E-state index is 0.807. The van der Waals surface area contributed by atoms with Crippen LogP contribution in [0.2, 0.25) is 0 Å². The lowest BCUT2D eigenvalue weighted by Gasteiger charge is -2.30. The Balaban J connectivity index is 1.45. The van der Waals surface area contributed by atoms with Crippen molar-refractivity contribution in [2.75, 3.05) is 32.8 Å². The number of aryl methyl sites for hydroxylation is 1. The summed E-state index contributed by atoms with van der Waals surface area (Å²) in [4.78, 5) is 2.66. The van der Waals surface area contributed by atoms with Crippen molar-refractivity contribution in [2.24, 2.45) is 5.92 Å². The van der Waals surface area contributed by atoms with Crippen LogP contribution in [0, 0.1) is 12.8 Å². The molecule has 1 saturated heterocycles. The van der Waals surface area contributed by atoms with Crippen molar-refractivity contribution < 1.29 is 4.74 Å². The quantitative estimate of drug-likeness (QED) is 0.835. The van der Waals surface area contributed by atoms with E-state index in [9.17, 15) is 0 Å². The first-order valence-electron chi connectivity index (χ1n) is 8.46. The van der Waals surface area contributed by atoms with Gasteiger partial charge in [0, 0.05) is 19.1 Å². The second kappa shape index (κ2) is 7.28. The molecule has 1 unspecified atom stereocenters. The zero-order valence-electron chi connectivity index (χ0n) is 13.2. The number of ether oxygens (including phenoxy) is 1. The maximum Gasteiger partial charge on any atom is 0.122 e. The average Bonchev–Trinajstić information content (AvgIpc) is 3.34. The van der Waals surface area contributed by atoms with E-state index in [0.29, 0.717) is 0 Å². The molecule has 1 aliphatic heterocycles. The molecule has 0 radical (unpaired) electrons. The standard InChI is InChI=1S/C18H28N2O/c1-15-5-2-3-7-18(15)21-12-11-20(17-8-9-17)14-16-6-4-10-19-13-16/h2-3,5,7,16-17,19H,4,6,8-14H2,1H3. The van der Waals surface area contributed by atoms with Crippen LogP contribution in [-0.4, -0.2) is 43.7 Å². The molecule has 0 aromatic heterocycles. The van der Waals surface area contributed by atoms with E-state index in [1.807, 2.05) is 0 Å². The molecule has 3 rings (SSSR count). The molecule has 2 aliphatic rings. The maximum absolute atomic E-state index is 5.98. The highest BCUT2D eigenvalue weighted by molar-refractivity contribution is 5.31. The number of nitrogens with zero attached hydrogens (tertiary/aromatic N) is 1. The second-order valence-corrected chi connectivity index (χ2v) is 6.55. The van der Waals surface area contributed by atoms with Crippen LogP contribution < -0.4 is 10.1 Å². The van der Waals surface area contributed by atoms with Crippen molar-refractivity contribution in [3.8, 4) is 5.75 Å². The summed E-state index contributed by atoms with van der Waals surface area (Å²) in [7, 11) is 0. The van der Waals surface area contributed by atoms with Crippen molar-refractivity contribution in [3.05, 3.63) is 29.8 Å². The molecule has 1 aliphatic carbocycles. The summed E-state index contributed by atoms with van der Waals surface area (Å²) >= 11 is 0. The minimum atomic E-state index is 0.807. The van der Waals surface area contributed by atoms with Crippen LogP contribution in [0.1, 0.15) is 31.2 Å². The summed E-state index contributed by atoms with van der Waals surface area (Å²) < 4.78 is 5.98. The number of hydrogen-bond donors (Lipinski definition) is 1. The lowest BCUT2D eigenvalue weighted by molar-refractivity contribution is 0.166. The molecule has 0 spiro atoms. The second-order valence-electron chi connectivity index (χ2n) is 6.55. The Morgan fingerprint density at radius 3 is 2.81 bits per heavy atom. The summed E-state index contributed by atoms with van der Waals surface area (Å²) in [6, 6.07) is 9.12. The summed E-state index contributed by atoms with van der Waals surface area (Å²) in [5.74, 6) is 1.87. The fourth-order valence-electron chi connectivity index (χ4n) is 3.27. The molecule has 2 fully saturated rings. The van der Waals surface area contributed by atoms with Crippen LogP contribution >= 0.6 is 0 Å². The van der Waals surface area contributed by atoms with Crippen LogP contribution in [0.15, 0.2) is 24.3 Å². The van der Waals surface area contributed by atoms with E-state index in [1.165, 1.54) is 50.9 Å². The van der Waals surface area contributed by atoms with E-state index >= 15 is 0 Å². The Kier molecular flexibility index (Phi) is 5.15. The van der Waals surface area contributed by atoms with E-state index in [4.69, 9.17) is 4.74 Å². The van der Waals surface area contributed by atoms with Gasteiger partial charge in [-0.2, -0.15) is 0 Å². The van der Waals surface area contributed by atoms with Crippen LogP contribution in [0.25, 0.3) is 0 Å². The van der Waals surface area contributed by atoms with E-state index in [0.717, 1.165) is 30.9 Å². The lowest BCUT2D eigenvalue weighted by atomic mass is 9.99. The predicted molar refractivity (Wildman–Crippen MR) is 86.9 cm³/mol. The maximum atomic E-state index is 5.98. The molecule has 3 heteroatoms. The van der Waals surface area contributed by atoms with Crippen molar-refractivity contribution in [1.29, 1.82) is 0 Å². The smallest absolute Gasteiger partial charge is 0.122 e. The molecule has 1 aromatic rings. The van der Waals surface area contributed by atoms with Crippen LogP contribution in [0.5, 0.6) is 5.75 Å². The van der Waals surface area contributed by atoms with Crippen molar-refractivity contribution >= 4 is 0 Å². The van der Waals surface area contributed by atoms with E-state index in [2.05, 4.69) is 41.4 Å². The monoisotopic (exact) mass is 288 g/mol. The number of nitrogens with one attached hydrogen (secondary N) is 1. The van der Waals surface area contributed by atoms with Gasteiger partial charge >= 0.3 is 0 Å². The van der Waals surface area contributed by atoms with Crippen LogP contribution in [-0.2, 0) is 0 Å². The van der Waals surface area contributed by atoms with Gasteiger partial charge in [-0.3, -0.25) is 4.90 Å². The molecule has 1 aromatic carbocycles. The third-order valence-electron chi connectivity index (χ3n) is 4.68. The van der Waals surface area contributed by atoms with Gasteiger partial charge in [0.1, 0.15) is 12.4 Å². The molecular weight excluding hydrogens is 260 g/mol. The predicted octanol–water partition coefficient (Wildman–Crippen LogP) is 2.84. The molecule has 1 N–H and O–H groups in total. The van der Waals surface area contributed by atoms with Gasteiger partial charge < -0.3 is 10.1 Å². The number of piperidine rings is 1. The molecular formula is C18H28N2O. The van der Waals surface area contributed by atoms with Crippen LogP contribution in [0.4, 0.5) is 0 Å². The molecule has 3 nitrogen and oxygen atoms in total. The summed E-state index contributed by atoms with van der Waals surface area (Å²) in [6.45, 7) is 7.63. The molecule has 0 amide bonds. The molecule has 1 atom stereocenters. The number of rotatable bonds is 7. The fourth-order valence-corrected chi connectivity index (χ4v) is 3.27. The molecule has 0 bridgehead atoms. The van der Waals surface area contributed by atoms with Gasteiger partial charge in [-0.15, -0.1) is 0 Å². The zero-order valence-corrected chi connectivity index (χ0v) is 13.2. The highest BCUT2D eigenvalue weighted by Crippen LogP contribution is 2.28. The van der Waals surface area contributed by atoms with Gasteiger partial charge in [0.25, 0.3) is 0 Å². The summed E-state index contributed by atoms with van der Waals surface area (Å²) in [6.07, 6.45) is 5.48. The Hall–Kier alpha value is -1.06. The molecule has 21 heavy (non-hydrogen) atoms. The first kappa shape index (κ1) is 14.9. The molecule has 1 heterocycles. The molecule has 1 saturated carbocycles. The van der Waals surface area contributed by atoms with Gasteiger partial charge in [-0.05, 0) is 63.2 Å². The van der Waals surface area contributed by atoms with E-state index < -0.39 is 0 Å². The number of hydrogen-bond acceptors (Lipinski definition) is 3. The summed E-state index contributed by atoms with van der Waals surface area (Å²) in [5.41, 5.74) is 1.23. The number of benzene rings is 1. The van der Waals surface area contributed by atoms with Gasteiger partial charge in [0.05, 0.1) is 0 Å². The Labute approximate surface area is 128 Å². The third kappa shape index (κ3) is 4.45. The first-order valence-corrected chi connectivity index (χ1v) is 8.46. The van der Waals surface area contributed by atoms with Gasteiger partial charge in [0.15, 0.2) is 0 Å². The van der Waals surface area contributed by atoms with Crippen molar-refractivity contribution in [3.63, 3.8) is 0 Å². The van der Waals surface area contributed by atoms with Gasteiger partial charge in [0.2, 0.25) is 0 Å². The SMILES string of the molecule is Cc1ccccc1OCCN(CC1CCCNC1)C1CC1. The van der Waals surface area contributed by atoms with Crippen LogP contribution in [0.3, 0.4) is 0 Å². The van der Waals surface area contributed by atoms with Gasteiger partial charge in [-0.1, -0.05) is 18.2 Å². The molecule has 116 valence electrons. The Morgan fingerprint density at radius 1 is 1.24 bits per heavy atom.